The molecule has 2 aliphatic carbocycles. The summed E-state index contributed by atoms with van der Waals surface area (Å²) < 4.78 is 58.0. The van der Waals surface area contributed by atoms with Gasteiger partial charge in [0.05, 0.1) is 47.3 Å². The molecule has 16 heteroatoms. The number of nitrogens with zero attached hydrogens (tertiary/aromatic N) is 2. The van der Waals surface area contributed by atoms with Crippen molar-refractivity contribution in [1.29, 1.82) is 0 Å². The van der Waals surface area contributed by atoms with Crippen LogP contribution < -0.4 is 0 Å². The van der Waals surface area contributed by atoms with Crippen LogP contribution in [0.15, 0.2) is 101 Å². The van der Waals surface area contributed by atoms with Crippen molar-refractivity contribution >= 4 is 49.3 Å². The van der Waals surface area contributed by atoms with E-state index in [0.29, 0.717) is 40.5 Å². The highest BCUT2D eigenvalue weighted by Gasteiger charge is 2.48. The highest BCUT2D eigenvalue weighted by atomic mass is 32.2. The molecule has 3 N–H and O–H groups in total. The van der Waals surface area contributed by atoms with Gasteiger partial charge in [-0.1, -0.05) is 61.8 Å². The average Bonchev–Trinajstić information content (AvgIpc) is 3.68. The van der Waals surface area contributed by atoms with Crippen molar-refractivity contribution in [3.8, 4) is 29.4 Å². The number of aromatic nitrogens is 2. The van der Waals surface area contributed by atoms with E-state index in [1.165, 1.54) is 24.3 Å². The van der Waals surface area contributed by atoms with Crippen LogP contribution in [0, 0.1) is 35.5 Å². The quantitative estimate of drug-likeness (QED) is 0.0903. The Balaban J connectivity index is 1.06. The first-order chi connectivity index (χ1) is 33.0. The fourth-order valence-corrected chi connectivity index (χ4v) is 10.8. The fourth-order valence-electron chi connectivity index (χ4n) is 9.66. The molecule has 2 saturated heterocycles. The zero-order valence-electron chi connectivity index (χ0n) is 39.4. The second-order valence-electron chi connectivity index (χ2n) is 18.3. The summed E-state index contributed by atoms with van der Waals surface area (Å²) in [5.41, 5.74) is 0.786. The van der Waals surface area contributed by atoms with Crippen LogP contribution in [-0.4, -0.2) is 119 Å². The van der Waals surface area contributed by atoms with E-state index < -0.39 is 64.4 Å². The zero-order valence-corrected chi connectivity index (χ0v) is 40.2. The van der Waals surface area contributed by atoms with E-state index >= 15 is 0 Å². The third-order valence-electron chi connectivity index (χ3n) is 13.2. The Bertz CT molecular complexity index is 2970. The summed E-state index contributed by atoms with van der Waals surface area (Å²) in [6, 6.07) is 13.9. The number of ether oxygens (including phenoxy) is 5. The van der Waals surface area contributed by atoms with E-state index in [1.807, 2.05) is 33.8 Å². The number of H-pyrrole nitrogens is 1. The first kappa shape index (κ1) is 49.3. The lowest BCUT2D eigenvalue weighted by Crippen LogP contribution is -2.55. The smallest absolute Gasteiger partial charge is 0.410 e. The molecule has 2 fully saturated rings. The lowest BCUT2D eigenvalue weighted by Gasteiger charge is -2.45. The van der Waals surface area contributed by atoms with Gasteiger partial charge < -0.3 is 43.8 Å². The topological polar surface area (TPSA) is 204 Å². The van der Waals surface area contributed by atoms with Crippen LogP contribution in [-0.2, 0) is 38.3 Å². The molecule has 15 nitrogen and oxygen atoms in total. The third-order valence-corrected chi connectivity index (χ3v) is 14.9. The monoisotopic (exact) mass is 959 g/mol. The fraction of sp³-hybridized carbons (Fsp3) is 0.434. The SMILES string of the molecule is CC/C=C1\C2=C(C)C(=O)C[C@@]1(O)C#C/C=C\C#C[C@@H]2OC1OC(C)C(C(=O)c2nccc3c2[nH]c2ccc(O)cc23)CC1OC1CC(C)C(N(C(=O)OCCS(=O)(=O)c2ccccc2)C(C)C)CO1. The van der Waals surface area contributed by atoms with Crippen LogP contribution in [0.25, 0.3) is 21.8 Å². The maximum atomic E-state index is 14.8. The van der Waals surface area contributed by atoms with Crippen LogP contribution in [0.3, 0.4) is 0 Å². The first-order valence-corrected chi connectivity index (χ1v) is 25.0. The molecule has 0 saturated carbocycles. The number of phenols is 1. The standard InChI is InChI=1S/C53H57N3O12S/c1-7-15-40-47-33(5)43(58)29-53(40,61)22-14-9-8-13-18-44(47)68-51-45(28-38(34(6)66-51)50(59)49-48-37(21-23-54-49)39-27-35(57)19-20-41(39)55-48)67-46-26-32(4)42(30-65-46)56(31(2)3)52(60)64-24-25-69(62,63)36-16-11-10-12-17-36/h8-12,15-17,19-21,23,27,31-32,34,38,42,44-46,51,55,57,61H,7,24-26,28-30H2,1-6H3/b9-8-,40-15+/t32?,34?,38?,42?,44-,45?,46?,51?,53-/m0/s1. The number of amides is 1. The van der Waals surface area contributed by atoms with Crippen LogP contribution in [0.1, 0.15) is 77.7 Å². The summed E-state index contributed by atoms with van der Waals surface area (Å²) in [6.45, 7) is 10.7. The van der Waals surface area contributed by atoms with Gasteiger partial charge in [0.1, 0.15) is 30.3 Å². The van der Waals surface area contributed by atoms with Crippen LogP contribution in [0.5, 0.6) is 5.75 Å². The van der Waals surface area contributed by atoms with Crippen molar-refractivity contribution in [1.82, 2.24) is 14.9 Å². The highest BCUT2D eigenvalue weighted by molar-refractivity contribution is 7.91. The molecule has 9 atom stereocenters. The minimum atomic E-state index is -3.68. The molecule has 2 bridgehead atoms. The van der Waals surface area contributed by atoms with Gasteiger partial charge in [0.15, 0.2) is 39.6 Å². The van der Waals surface area contributed by atoms with Crippen molar-refractivity contribution in [3.63, 3.8) is 0 Å². The first-order valence-electron chi connectivity index (χ1n) is 23.3. The molecule has 2 aliphatic heterocycles. The number of aromatic amines is 1. The van der Waals surface area contributed by atoms with Crippen molar-refractivity contribution < 1.29 is 56.7 Å². The maximum Gasteiger partial charge on any atom is 0.410 e. The van der Waals surface area contributed by atoms with E-state index in [4.69, 9.17) is 23.7 Å². The number of fused-ring (bicyclic) bond motifs is 5. The molecule has 2 aromatic carbocycles. The number of rotatable bonds is 13. The second kappa shape index (κ2) is 20.5. The minimum Gasteiger partial charge on any atom is -0.508 e. The second-order valence-corrected chi connectivity index (χ2v) is 20.4. The molecule has 2 aromatic heterocycles. The van der Waals surface area contributed by atoms with E-state index in [0.717, 1.165) is 10.9 Å². The van der Waals surface area contributed by atoms with Crippen molar-refractivity contribution in [2.75, 3.05) is 19.0 Å². The zero-order chi connectivity index (χ0) is 49.2. The molecular weight excluding hydrogens is 903 g/mol. The van der Waals surface area contributed by atoms with E-state index in [-0.39, 0.29) is 71.7 Å². The third kappa shape index (κ3) is 10.3. The van der Waals surface area contributed by atoms with Gasteiger partial charge in [-0.2, -0.15) is 0 Å². The predicted octanol–water partition coefficient (Wildman–Crippen LogP) is 7.13. The van der Waals surface area contributed by atoms with E-state index in [1.54, 1.807) is 67.4 Å². The number of sulfone groups is 1. The summed E-state index contributed by atoms with van der Waals surface area (Å²) in [4.78, 5) is 51.5. The number of Topliss-reactive ketones (excluding diaryl/α,β-unsaturated/α-hetero) is 2. The molecule has 8 rings (SSSR count). The average molecular weight is 960 g/mol. The number of nitrogens with one attached hydrogen (secondary N) is 1. The molecular formula is C53H57N3O12S. The Morgan fingerprint density at radius 2 is 1.83 bits per heavy atom. The van der Waals surface area contributed by atoms with Crippen LogP contribution >= 0.6 is 0 Å². The van der Waals surface area contributed by atoms with Gasteiger partial charge >= 0.3 is 6.09 Å². The lowest BCUT2D eigenvalue weighted by atomic mass is 9.73. The molecule has 4 aromatic rings. The number of ketones is 2. The minimum absolute atomic E-state index is 0.0422. The number of carbonyl (C=O) groups excluding carboxylic acids is 3. The number of aliphatic hydroxyl groups is 1. The Morgan fingerprint density at radius 3 is 2.57 bits per heavy atom. The molecule has 0 radical (unpaired) electrons. The van der Waals surface area contributed by atoms with Crippen molar-refractivity contribution in [3.05, 3.63) is 101 Å². The Morgan fingerprint density at radius 1 is 1.06 bits per heavy atom. The normalized spacial score (nSPS) is 28.2. The summed E-state index contributed by atoms with van der Waals surface area (Å²) in [5.74, 6) is 9.86. The predicted molar refractivity (Wildman–Crippen MR) is 256 cm³/mol. The number of hydrogen-bond donors (Lipinski definition) is 3. The Kier molecular flexibility index (Phi) is 14.6. The number of allylic oxidation sites excluding steroid dienone is 4. The Hall–Kier alpha value is -6.11. The van der Waals surface area contributed by atoms with Crippen LogP contribution in [0.4, 0.5) is 4.79 Å². The number of carbonyl (C=O) groups is 3. The molecule has 4 heterocycles. The summed E-state index contributed by atoms with van der Waals surface area (Å²) in [7, 11) is -3.68. The van der Waals surface area contributed by atoms with Gasteiger partial charge in [-0.05, 0) is 106 Å². The van der Waals surface area contributed by atoms with Gasteiger partial charge in [0, 0.05) is 40.5 Å². The number of pyridine rings is 1. The molecule has 0 spiro atoms. The summed E-state index contributed by atoms with van der Waals surface area (Å²) in [5, 5.41) is 23.6. The summed E-state index contributed by atoms with van der Waals surface area (Å²) in [6.07, 6.45) is 1.54. The van der Waals surface area contributed by atoms with E-state index in [9.17, 15) is 33.0 Å². The van der Waals surface area contributed by atoms with Gasteiger partial charge in [-0.3, -0.25) is 14.6 Å². The van der Waals surface area contributed by atoms with Crippen molar-refractivity contribution in [2.24, 2.45) is 11.8 Å². The van der Waals surface area contributed by atoms with Crippen LogP contribution in [0.2, 0.25) is 0 Å². The molecule has 7 unspecified atom stereocenters. The number of phenolic OH excluding ortho intramolecular Hbond substituents is 1. The molecule has 4 aliphatic rings. The lowest BCUT2D eigenvalue weighted by molar-refractivity contribution is -0.303. The molecule has 1 amide bonds. The van der Waals surface area contributed by atoms with Crippen molar-refractivity contribution in [2.45, 2.75) is 121 Å². The number of aromatic hydroxyl groups is 1. The molecule has 362 valence electrons. The van der Waals surface area contributed by atoms with Gasteiger partial charge in [0.2, 0.25) is 0 Å². The maximum absolute atomic E-state index is 14.8. The van der Waals surface area contributed by atoms with E-state index in [2.05, 4.69) is 33.6 Å². The Labute approximate surface area is 401 Å². The highest BCUT2D eigenvalue weighted by Crippen LogP contribution is 2.42. The summed E-state index contributed by atoms with van der Waals surface area (Å²) >= 11 is 0. The van der Waals surface area contributed by atoms with Gasteiger partial charge in [0.25, 0.3) is 0 Å². The van der Waals surface area contributed by atoms with Gasteiger partial charge in [-0.25, -0.2) is 13.2 Å². The largest absolute Gasteiger partial charge is 0.508 e. The number of benzene rings is 2. The number of hydrogen-bond acceptors (Lipinski definition) is 13. The van der Waals surface area contributed by atoms with Gasteiger partial charge in [-0.15, -0.1) is 0 Å². The molecule has 69 heavy (non-hydrogen) atoms.